The van der Waals surface area contributed by atoms with Crippen molar-refractivity contribution in [3.8, 4) is 5.69 Å². The Morgan fingerprint density at radius 3 is 2.60 bits per heavy atom. The molecule has 2 aromatic carbocycles. The molecular weight excluding hydrogens is 317 g/mol. The molecule has 0 unspecified atom stereocenters. The van der Waals surface area contributed by atoms with Crippen LogP contribution in [0.1, 0.15) is 5.56 Å². The first-order valence-corrected chi connectivity index (χ1v) is 8.04. The van der Waals surface area contributed by atoms with Crippen LogP contribution in [0, 0.1) is 5.82 Å². The number of para-hydroxylation sites is 1. The highest BCUT2D eigenvalue weighted by atomic mass is 19.1. The molecule has 0 aliphatic heterocycles. The molecule has 2 aromatic heterocycles. The number of anilines is 1. The van der Waals surface area contributed by atoms with E-state index in [1.807, 2.05) is 18.2 Å². The summed E-state index contributed by atoms with van der Waals surface area (Å²) < 4.78 is 15.5. The Bertz CT molecular complexity index is 997. The Balaban J connectivity index is 1.60. The molecule has 0 fully saturated rings. The van der Waals surface area contributed by atoms with E-state index in [1.165, 1.54) is 22.6 Å². The molecule has 4 aromatic rings. The average Bonchev–Trinajstić information content (AvgIpc) is 3.08. The van der Waals surface area contributed by atoms with Crippen LogP contribution in [0.15, 0.2) is 67.1 Å². The molecule has 6 heteroatoms. The zero-order valence-electron chi connectivity index (χ0n) is 13.4. The molecule has 0 aliphatic rings. The highest BCUT2D eigenvalue weighted by Crippen LogP contribution is 2.22. The van der Waals surface area contributed by atoms with Crippen LogP contribution < -0.4 is 5.32 Å². The SMILES string of the molecule is Fc1ccccc1-n1ncc2c(NCCc3ccccc3)ncnc21. The number of nitrogens with zero attached hydrogens (tertiary/aromatic N) is 4. The molecule has 0 spiro atoms. The number of hydrogen-bond acceptors (Lipinski definition) is 4. The van der Waals surface area contributed by atoms with E-state index in [2.05, 4.69) is 32.5 Å². The second kappa shape index (κ2) is 6.68. The lowest BCUT2D eigenvalue weighted by molar-refractivity contribution is 0.612. The third-order valence-corrected chi connectivity index (χ3v) is 4.00. The van der Waals surface area contributed by atoms with Crippen LogP contribution in [0.2, 0.25) is 0 Å². The molecular formula is C19H16FN5. The zero-order valence-corrected chi connectivity index (χ0v) is 13.4. The molecule has 4 rings (SSSR count). The molecule has 0 saturated carbocycles. The van der Waals surface area contributed by atoms with Crippen LogP contribution in [-0.2, 0) is 6.42 Å². The summed E-state index contributed by atoms with van der Waals surface area (Å²) in [7, 11) is 0. The number of aromatic nitrogens is 4. The summed E-state index contributed by atoms with van der Waals surface area (Å²) in [6.45, 7) is 0.737. The van der Waals surface area contributed by atoms with E-state index in [-0.39, 0.29) is 5.82 Å². The highest BCUT2D eigenvalue weighted by Gasteiger charge is 2.13. The summed E-state index contributed by atoms with van der Waals surface area (Å²) in [6, 6.07) is 16.7. The van der Waals surface area contributed by atoms with Crippen molar-refractivity contribution in [1.82, 2.24) is 19.7 Å². The Kier molecular flexibility index (Phi) is 4.08. The fourth-order valence-electron chi connectivity index (χ4n) is 2.75. The molecule has 0 bridgehead atoms. The number of benzene rings is 2. The number of halogens is 1. The number of rotatable bonds is 5. The molecule has 1 N–H and O–H groups in total. The molecule has 25 heavy (non-hydrogen) atoms. The molecule has 0 radical (unpaired) electrons. The largest absolute Gasteiger partial charge is 0.369 e. The number of fused-ring (bicyclic) bond motifs is 1. The summed E-state index contributed by atoms with van der Waals surface area (Å²) in [6.07, 6.45) is 4.01. The van der Waals surface area contributed by atoms with E-state index in [4.69, 9.17) is 0 Å². The fraction of sp³-hybridized carbons (Fsp3) is 0.105. The van der Waals surface area contributed by atoms with E-state index < -0.39 is 0 Å². The van der Waals surface area contributed by atoms with Gasteiger partial charge in [-0.15, -0.1) is 0 Å². The highest BCUT2D eigenvalue weighted by molar-refractivity contribution is 5.87. The lowest BCUT2D eigenvalue weighted by atomic mass is 10.1. The first-order chi connectivity index (χ1) is 12.3. The average molecular weight is 333 g/mol. The Morgan fingerprint density at radius 2 is 1.76 bits per heavy atom. The minimum Gasteiger partial charge on any atom is -0.369 e. The quantitative estimate of drug-likeness (QED) is 0.606. The molecule has 5 nitrogen and oxygen atoms in total. The maximum atomic E-state index is 14.1. The smallest absolute Gasteiger partial charge is 0.168 e. The third-order valence-electron chi connectivity index (χ3n) is 4.00. The van der Waals surface area contributed by atoms with Crippen LogP contribution in [0.3, 0.4) is 0 Å². The minimum absolute atomic E-state index is 0.343. The maximum Gasteiger partial charge on any atom is 0.168 e. The zero-order chi connectivity index (χ0) is 17.1. The van der Waals surface area contributed by atoms with Crippen LogP contribution in [0.5, 0.6) is 0 Å². The van der Waals surface area contributed by atoms with Crippen molar-refractivity contribution in [2.24, 2.45) is 0 Å². The molecule has 0 atom stereocenters. The van der Waals surface area contributed by atoms with Gasteiger partial charge in [0.15, 0.2) is 5.65 Å². The maximum absolute atomic E-state index is 14.1. The predicted molar refractivity (Wildman–Crippen MR) is 95.3 cm³/mol. The van der Waals surface area contributed by atoms with Gasteiger partial charge in [-0.2, -0.15) is 5.10 Å². The summed E-state index contributed by atoms with van der Waals surface area (Å²) in [5, 5.41) is 8.37. The van der Waals surface area contributed by atoms with Crippen molar-refractivity contribution in [3.63, 3.8) is 0 Å². The van der Waals surface area contributed by atoms with E-state index in [0.717, 1.165) is 18.4 Å². The minimum atomic E-state index is -0.343. The normalized spacial score (nSPS) is 10.9. The van der Waals surface area contributed by atoms with Gasteiger partial charge in [0, 0.05) is 6.54 Å². The Labute approximate surface area is 144 Å². The van der Waals surface area contributed by atoms with E-state index in [1.54, 1.807) is 24.4 Å². The van der Waals surface area contributed by atoms with Gasteiger partial charge < -0.3 is 5.32 Å². The lowest BCUT2D eigenvalue weighted by Gasteiger charge is -2.07. The van der Waals surface area contributed by atoms with Gasteiger partial charge >= 0.3 is 0 Å². The first kappa shape index (κ1) is 15.3. The lowest BCUT2D eigenvalue weighted by Crippen LogP contribution is -2.07. The van der Waals surface area contributed by atoms with E-state index in [9.17, 15) is 4.39 Å². The van der Waals surface area contributed by atoms with Gasteiger partial charge in [-0.3, -0.25) is 0 Å². The van der Waals surface area contributed by atoms with Gasteiger partial charge in [-0.1, -0.05) is 42.5 Å². The topological polar surface area (TPSA) is 55.6 Å². The van der Waals surface area contributed by atoms with Crippen molar-refractivity contribution in [2.45, 2.75) is 6.42 Å². The van der Waals surface area contributed by atoms with Crippen LogP contribution in [-0.4, -0.2) is 26.3 Å². The van der Waals surface area contributed by atoms with Crippen LogP contribution in [0.25, 0.3) is 16.7 Å². The van der Waals surface area contributed by atoms with Crippen LogP contribution in [0.4, 0.5) is 10.2 Å². The summed E-state index contributed by atoms with van der Waals surface area (Å²) in [5.41, 5.74) is 2.19. The summed E-state index contributed by atoms with van der Waals surface area (Å²) in [4.78, 5) is 8.57. The molecule has 0 saturated heterocycles. The van der Waals surface area contributed by atoms with E-state index >= 15 is 0 Å². The van der Waals surface area contributed by atoms with Crippen molar-refractivity contribution in [2.75, 3.05) is 11.9 Å². The van der Waals surface area contributed by atoms with Gasteiger partial charge in [-0.25, -0.2) is 19.0 Å². The van der Waals surface area contributed by atoms with Crippen molar-refractivity contribution in [3.05, 3.63) is 78.5 Å². The van der Waals surface area contributed by atoms with Crippen molar-refractivity contribution in [1.29, 1.82) is 0 Å². The predicted octanol–water partition coefficient (Wildman–Crippen LogP) is 3.61. The summed E-state index contributed by atoms with van der Waals surface area (Å²) in [5.74, 6) is 0.355. The second-order valence-electron chi connectivity index (χ2n) is 5.63. The van der Waals surface area contributed by atoms with Gasteiger partial charge in [0.1, 0.15) is 23.6 Å². The van der Waals surface area contributed by atoms with Gasteiger partial charge in [-0.05, 0) is 24.1 Å². The van der Waals surface area contributed by atoms with E-state index in [0.29, 0.717) is 17.2 Å². The Hall–Kier alpha value is -3.28. The standard InChI is InChI=1S/C19H16FN5/c20-16-8-4-5-9-17(16)25-19-15(12-24-25)18(22-13-23-19)21-11-10-14-6-2-1-3-7-14/h1-9,12-13H,10-11H2,(H,21,22,23). The second-order valence-corrected chi connectivity index (χ2v) is 5.63. The molecule has 0 amide bonds. The summed E-state index contributed by atoms with van der Waals surface area (Å²) >= 11 is 0. The van der Waals surface area contributed by atoms with Crippen molar-refractivity contribution >= 4 is 16.9 Å². The van der Waals surface area contributed by atoms with Gasteiger partial charge in [0.2, 0.25) is 0 Å². The molecule has 0 aliphatic carbocycles. The number of hydrogen-bond donors (Lipinski definition) is 1. The first-order valence-electron chi connectivity index (χ1n) is 8.04. The fourth-order valence-corrected chi connectivity index (χ4v) is 2.75. The number of nitrogens with one attached hydrogen (secondary N) is 1. The monoisotopic (exact) mass is 333 g/mol. The van der Waals surface area contributed by atoms with Crippen molar-refractivity contribution < 1.29 is 4.39 Å². The van der Waals surface area contributed by atoms with Gasteiger partial charge in [0.05, 0.1) is 11.6 Å². The third kappa shape index (κ3) is 3.06. The van der Waals surface area contributed by atoms with Gasteiger partial charge in [0.25, 0.3) is 0 Å². The van der Waals surface area contributed by atoms with Crippen LogP contribution >= 0.6 is 0 Å². The molecule has 124 valence electrons. The molecule has 2 heterocycles. The Morgan fingerprint density at radius 1 is 0.960 bits per heavy atom.